The van der Waals surface area contributed by atoms with Crippen LogP contribution in [0.25, 0.3) is 5.57 Å². The SMILES string of the molecule is N#Cc1ccccc1[C@]1(C#N)C(=O)N2CCN=C2C=C1c1ccc(Br)cc1. The predicted molar refractivity (Wildman–Crippen MR) is 105 cm³/mol. The molecule has 0 N–H and O–H groups in total. The Kier molecular flexibility index (Phi) is 4.14. The summed E-state index contributed by atoms with van der Waals surface area (Å²) in [6.07, 6.45) is 1.80. The first-order chi connectivity index (χ1) is 13.1. The molecule has 0 bridgehead atoms. The molecule has 130 valence electrons. The fourth-order valence-electron chi connectivity index (χ4n) is 3.61. The second-order valence-electron chi connectivity index (χ2n) is 6.28. The number of fused-ring (bicyclic) bond motifs is 1. The van der Waals surface area contributed by atoms with Gasteiger partial charge in [0.25, 0.3) is 5.91 Å². The van der Waals surface area contributed by atoms with Crippen molar-refractivity contribution in [2.45, 2.75) is 5.41 Å². The van der Waals surface area contributed by atoms with Gasteiger partial charge in [0.1, 0.15) is 5.84 Å². The summed E-state index contributed by atoms with van der Waals surface area (Å²) in [7, 11) is 0. The lowest BCUT2D eigenvalue weighted by molar-refractivity contribution is -0.129. The summed E-state index contributed by atoms with van der Waals surface area (Å²) >= 11 is 3.41. The number of nitrogens with zero attached hydrogens (tertiary/aromatic N) is 4. The van der Waals surface area contributed by atoms with Crippen molar-refractivity contribution in [1.29, 1.82) is 10.5 Å². The lowest BCUT2D eigenvalue weighted by Gasteiger charge is -2.37. The van der Waals surface area contributed by atoms with Gasteiger partial charge in [-0.2, -0.15) is 10.5 Å². The number of carbonyl (C=O) groups is 1. The zero-order chi connectivity index (χ0) is 19.0. The van der Waals surface area contributed by atoms with Gasteiger partial charge in [-0.15, -0.1) is 0 Å². The zero-order valence-electron chi connectivity index (χ0n) is 14.2. The molecule has 0 fully saturated rings. The third-order valence-electron chi connectivity index (χ3n) is 4.89. The average molecular weight is 417 g/mol. The van der Waals surface area contributed by atoms with Crippen LogP contribution in [-0.4, -0.2) is 29.7 Å². The van der Waals surface area contributed by atoms with Crippen molar-refractivity contribution in [2.75, 3.05) is 13.1 Å². The number of aliphatic imine (C=N–C) groups is 1. The molecule has 1 atom stereocenters. The number of rotatable bonds is 2. The molecule has 0 aliphatic carbocycles. The van der Waals surface area contributed by atoms with Crippen molar-refractivity contribution in [2.24, 2.45) is 4.99 Å². The van der Waals surface area contributed by atoms with Gasteiger partial charge in [-0.25, -0.2) is 0 Å². The van der Waals surface area contributed by atoms with Crippen LogP contribution in [0.4, 0.5) is 0 Å². The number of amides is 1. The Balaban J connectivity index is 2.05. The molecule has 2 aliphatic rings. The first kappa shape index (κ1) is 17.2. The van der Waals surface area contributed by atoms with Crippen LogP contribution in [0, 0.1) is 22.7 Å². The molecule has 0 unspecified atom stereocenters. The van der Waals surface area contributed by atoms with E-state index in [2.05, 4.69) is 33.1 Å². The summed E-state index contributed by atoms with van der Waals surface area (Å²) in [6.45, 7) is 0.947. The number of benzene rings is 2. The van der Waals surface area contributed by atoms with Gasteiger partial charge >= 0.3 is 0 Å². The van der Waals surface area contributed by atoms with Crippen LogP contribution >= 0.6 is 15.9 Å². The predicted octanol–water partition coefficient (Wildman–Crippen LogP) is 3.42. The van der Waals surface area contributed by atoms with Crippen LogP contribution in [0.5, 0.6) is 0 Å². The van der Waals surface area contributed by atoms with Crippen molar-refractivity contribution in [3.05, 3.63) is 75.8 Å². The van der Waals surface area contributed by atoms with Crippen molar-refractivity contribution >= 4 is 33.2 Å². The van der Waals surface area contributed by atoms with Crippen LogP contribution in [0.1, 0.15) is 16.7 Å². The number of hydrogen-bond donors (Lipinski definition) is 0. The molecule has 5 nitrogen and oxygen atoms in total. The second-order valence-corrected chi connectivity index (χ2v) is 7.20. The summed E-state index contributed by atoms with van der Waals surface area (Å²) in [5, 5.41) is 19.9. The lowest BCUT2D eigenvalue weighted by Crippen LogP contribution is -2.51. The molecular weight excluding hydrogens is 404 g/mol. The molecule has 0 radical (unpaired) electrons. The Morgan fingerprint density at radius 3 is 2.56 bits per heavy atom. The van der Waals surface area contributed by atoms with Gasteiger partial charge in [0.15, 0.2) is 5.41 Å². The maximum atomic E-state index is 13.5. The van der Waals surface area contributed by atoms with Crippen LogP contribution in [0.3, 0.4) is 0 Å². The lowest BCUT2D eigenvalue weighted by atomic mass is 9.68. The summed E-state index contributed by atoms with van der Waals surface area (Å²) < 4.78 is 0.897. The molecule has 0 saturated heterocycles. The Hall–Kier alpha value is -3.22. The van der Waals surface area contributed by atoms with Gasteiger partial charge in [-0.05, 0) is 35.4 Å². The van der Waals surface area contributed by atoms with Gasteiger partial charge < -0.3 is 0 Å². The Bertz CT molecular complexity index is 1090. The normalized spacial score (nSPS) is 21.0. The first-order valence-electron chi connectivity index (χ1n) is 8.37. The Labute approximate surface area is 165 Å². The maximum absolute atomic E-state index is 13.5. The van der Waals surface area contributed by atoms with Crippen LogP contribution in [0.15, 0.2) is 64.1 Å². The zero-order valence-corrected chi connectivity index (χ0v) is 15.8. The highest BCUT2D eigenvalue weighted by atomic mass is 79.9. The molecular formula is C21H13BrN4O. The van der Waals surface area contributed by atoms with Gasteiger partial charge in [0.05, 0.1) is 24.2 Å². The minimum Gasteiger partial charge on any atom is -0.293 e. The molecule has 4 rings (SSSR count). The highest BCUT2D eigenvalue weighted by Gasteiger charge is 2.52. The third kappa shape index (κ3) is 2.50. The molecule has 27 heavy (non-hydrogen) atoms. The molecule has 0 spiro atoms. The van der Waals surface area contributed by atoms with Gasteiger partial charge in [-0.1, -0.05) is 46.3 Å². The van der Waals surface area contributed by atoms with Crippen molar-refractivity contribution < 1.29 is 4.79 Å². The number of halogens is 1. The standard InChI is InChI=1S/C21H13BrN4O/c22-16-7-5-14(6-8-16)18-11-19-25-9-10-26(19)20(27)21(18,13-24)17-4-2-1-3-15(17)12-23/h1-8,11H,9-10H2/t21-/m0/s1. The fourth-order valence-corrected chi connectivity index (χ4v) is 3.88. The maximum Gasteiger partial charge on any atom is 0.257 e. The minimum absolute atomic E-state index is 0.315. The topological polar surface area (TPSA) is 80.2 Å². The van der Waals surface area contributed by atoms with Gasteiger partial charge in [0.2, 0.25) is 0 Å². The molecule has 2 aromatic carbocycles. The molecule has 2 aliphatic heterocycles. The summed E-state index contributed by atoms with van der Waals surface area (Å²) in [5.74, 6) is 0.211. The highest BCUT2D eigenvalue weighted by Crippen LogP contribution is 2.44. The molecule has 0 saturated carbocycles. The summed E-state index contributed by atoms with van der Waals surface area (Å²) in [4.78, 5) is 19.5. The van der Waals surface area contributed by atoms with Gasteiger partial charge in [-0.3, -0.25) is 14.7 Å². The number of carbonyl (C=O) groups excluding carboxylic acids is 1. The van der Waals surface area contributed by atoms with Gasteiger partial charge in [0, 0.05) is 16.6 Å². The number of amidine groups is 1. The summed E-state index contributed by atoms with van der Waals surface area (Å²) in [5.41, 5.74) is 0.413. The molecule has 2 heterocycles. The van der Waals surface area contributed by atoms with Crippen molar-refractivity contribution in [3.63, 3.8) is 0 Å². The summed E-state index contributed by atoms with van der Waals surface area (Å²) in [6, 6.07) is 18.6. The second kappa shape index (κ2) is 6.50. The van der Waals surface area contributed by atoms with E-state index in [1.165, 1.54) is 0 Å². The monoisotopic (exact) mass is 416 g/mol. The van der Waals surface area contributed by atoms with E-state index in [9.17, 15) is 15.3 Å². The quantitative estimate of drug-likeness (QED) is 0.751. The van der Waals surface area contributed by atoms with Crippen LogP contribution in [0.2, 0.25) is 0 Å². The molecule has 1 amide bonds. The van der Waals surface area contributed by atoms with Crippen molar-refractivity contribution in [3.8, 4) is 12.1 Å². The van der Waals surface area contributed by atoms with E-state index in [4.69, 9.17) is 0 Å². The van der Waals surface area contributed by atoms with E-state index in [0.29, 0.717) is 35.6 Å². The van der Waals surface area contributed by atoms with E-state index < -0.39 is 5.41 Å². The molecule has 6 heteroatoms. The minimum atomic E-state index is -1.59. The average Bonchev–Trinajstić information content (AvgIpc) is 3.18. The largest absolute Gasteiger partial charge is 0.293 e. The first-order valence-corrected chi connectivity index (χ1v) is 9.16. The highest BCUT2D eigenvalue weighted by molar-refractivity contribution is 9.10. The number of hydrogen-bond acceptors (Lipinski definition) is 4. The van der Waals surface area contributed by atoms with E-state index >= 15 is 0 Å². The van der Waals surface area contributed by atoms with Crippen molar-refractivity contribution in [1.82, 2.24) is 4.90 Å². The Morgan fingerprint density at radius 2 is 1.85 bits per heavy atom. The van der Waals surface area contributed by atoms with Crippen LogP contribution < -0.4 is 0 Å². The third-order valence-corrected chi connectivity index (χ3v) is 5.42. The Morgan fingerprint density at radius 1 is 1.11 bits per heavy atom. The fraction of sp³-hybridized carbons (Fsp3) is 0.143. The molecule has 2 aromatic rings. The smallest absolute Gasteiger partial charge is 0.257 e. The van der Waals surface area contributed by atoms with E-state index in [-0.39, 0.29) is 5.91 Å². The molecule has 0 aromatic heterocycles. The van der Waals surface area contributed by atoms with E-state index in [1.807, 2.05) is 24.3 Å². The van der Waals surface area contributed by atoms with E-state index in [1.54, 1.807) is 35.2 Å². The van der Waals surface area contributed by atoms with Crippen LogP contribution in [-0.2, 0) is 10.2 Å². The van der Waals surface area contributed by atoms with E-state index in [0.717, 1.165) is 10.0 Å². The number of nitriles is 2.